The lowest BCUT2D eigenvalue weighted by Crippen LogP contribution is -2.18. The second-order valence-electron chi connectivity index (χ2n) is 4.49. The van der Waals surface area contributed by atoms with Crippen molar-refractivity contribution in [2.45, 2.75) is 19.5 Å². The highest BCUT2D eigenvalue weighted by Crippen LogP contribution is 2.19. The van der Waals surface area contributed by atoms with Crippen LogP contribution in [0.15, 0.2) is 48.8 Å². The predicted octanol–water partition coefficient (Wildman–Crippen LogP) is 2.94. The van der Waals surface area contributed by atoms with Crippen molar-refractivity contribution in [3.63, 3.8) is 0 Å². The van der Waals surface area contributed by atoms with Crippen molar-refractivity contribution < 1.29 is 4.74 Å². The summed E-state index contributed by atoms with van der Waals surface area (Å²) in [6, 6.07) is 12.1. The van der Waals surface area contributed by atoms with Crippen molar-refractivity contribution >= 4 is 0 Å². The maximum atomic E-state index is 5.54. The Labute approximate surface area is 120 Å². The van der Waals surface area contributed by atoms with Crippen molar-refractivity contribution in [1.82, 2.24) is 10.3 Å². The van der Waals surface area contributed by atoms with Crippen LogP contribution < -0.4 is 10.1 Å². The molecule has 0 aliphatic carbocycles. The van der Waals surface area contributed by atoms with E-state index in [4.69, 9.17) is 11.2 Å². The summed E-state index contributed by atoms with van der Waals surface area (Å²) in [5, 5.41) is 3.46. The average Bonchev–Trinajstić information content (AvgIpc) is 2.52. The van der Waals surface area contributed by atoms with Gasteiger partial charge in [0.25, 0.3) is 0 Å². The van der Waals surface area contributed by atoms with Gasteiger partial charge in [0.15, 0.2) is 0 Å². The highest BCUT2D eigenvalue weighted by molar-refractivity contribution is 5.33. The van der Waals surface area contributed by atoms with Gasteiger partial charge in [-0.05, 0) is 24.6 Å². The Bertz CT molecular complexity index is 575. The molecule has 102 valence electrons. The minimum atomic E-state index is 0.226. The van der Waals surface area contributed by atoms with Crippen LogP contribution in [0.5, 0.6) is 5.75 Å². The molecule has 0 fully saturated rings. The first kappa shape index (κ1) is 14.1. The summed E-state index contributed by atoms with van der Waals surface area (Å²) in [7, 11) is 0. The minimum absolute atomic E-state index is 0.226. The number of ether oxygens (including phenoxy) is 1. The highest BCUT2D eigenvalue weighted by atomic mass is 16.5. The van der Waals surface area contributed by atoms with E-state index >= 15 is 0 Å². The molecule has 1 aromatic heterocycles. The lowest BCUT2D eigenvalue weighted by molar-refractivity contribution is 0.364. The van der Waals surface area contributed by atoms with Crippen molar-refractivity contribution in [3.05, 3.63) is 59.9 Å². The van der Waals surface area contributed by atoms with Crippen LogP contribution in [-0.4, -0.2) is 11.6 Å². The number of hydrogen-bond donors (Lipinski definition) is 1. The van der Waals surface area contributed by atoms with E-state index in [9.17, 15) is 0 Å². The molecule has 0 spiro atoms. The summed E-state index contributed by atoms with van der Waals surface area (Å²) < 4.78 is 5.54. The Morgan fingerprint density at radius 1 is 1.30 bits per heavy atom. The van der Waals surface area contributed by atoms with Gasteiger partial charge in [-0.15, -0.1) is 6.42 Å². The monoisotopic (exact) mass is 266 g/mol. The second-order valence-corrected chi connectivity index (χ2v) is 4.49. The fourth-order valence-corrected chi connectivity index (χ4v) is 1.92. The molecule has 0 aliphatic rings. The first-order valence-corrected chi connectivity index (χ1v) is 6.58. The van der Waals surface area contributed by atoms with Gasteiger partial charge in [-0.3, -0.25) is 4.98 Å². The predicted molar refractivity (Wildman–Crippen MR) is 80.3 cm³/mol. The maximum absolute atomic E-state index is 5.54. The first-order valence-electron chi connectivity index (χ1n) is 6.58. The Morgan fingerprint density at radius 2 is 2.15 bits per heavy atom. The van der Waals surface area contributed by atoms with Crippen LogP contribution in [0.1, 0.15) is 24.1 Å². The second kappa shape index (κ2) is 7.32. The minimum Gasteiger partial charge on any atom is -0.481 e. The van der Waals surface area contributed by atoms with Crippen LogP contribution in [-0.2, 0) is 6.54 Å². The first-order chi connectivity index (χ1) is 9.81. The molecule has 1 N–H and O–H groups in total. The molecule has 1 unspecified atom stereocenters. The molecule has 0 radical (unpaired) electrons. The van der Waals surface area contributed by atoms with Crippen LogP contribution in [0.2, 0.25) is 0 Å². The van der Waals surface area contributed by atoms with Crippen molar-refractivity contribution in [1.29, 1.82) is 0 Å². The third-order valence-electron chi connectivity index (χ3n) is 3.07. The summed E-state index contributed by atoms with van der Waals surface area (Å²) in [6.45, 7) is 3.12. The zero-order valence-electron chi connectivity index (χ0n) is 11.5. The van der Waals surface area contributed by atoms with Crippen LogP contribution in [0.25, 0.3) is 0 Å². The quantitative estimate of drug-likeness (QED) is 0.816. The van der Waals surface area contributed by atoms with Gasteiger partial charge < -0.3 is 10.1 Å². The van der Waals surface area contributed by atoms with E-state index < -0.39 is 0 Å². The van der Waals surface area contributed by atoms with Gasteiger partial charge in [0.2, 0.25) is 0 Å². The molecule has 0 aliphatic heterocycles. The maximum Gasteiger partial charge on any atom is 0.148 e. The standard InChI is InChI=1S/C17H18N2O/c1-3-11-20-17-9-5-4-7-16(17)13-19-14(2)15-8-6-10-18-12-15/h1,4-10,12,14,19H,11,13H2,2H3. The third kappa shape index (κ3) is 3.84. The number of terminal acetylenes is 1. The summed E-state index contributed by atoms with van der Waals surface area (Å²) in [6.07, 6.45) is 8.88. The van der Waals surface area contributed by atoms with Crippen molar-refractivity contribution in [3.8, 4) is 18.1 Å². The molecule has 0 bridgehead atoms. The largest absolute Gasteiger partial charge is 0.481 e. The number of rotatable bonds is 6. The normalized spacial score (nSPS) is 11.6. The molecule has 3 nitrogen and oxygen atoms in total. The van der Waals surface area contributed by atoms with Crippen LogP contribution >= 0.6 is 0 Å². The van der Waals surface area contributed by atoms with E-state index in [0.717, 1.165) is 23.4 Å². The molecule has 2 aromatic rings. The van der Waals surface area contributed by atoms with Gasteiger partial charge in [0.05, 0.1) is 0 Å². The number of hydrogen-bond acceptors (Lipinski definition) is 3. The SMILES string of the molecule is C#CCOc1ccccc1CNC(C)c1cccnc1. The molecule has 0 saturated carbocycles. The van der Waals surface area contributed by atoms with Gasteiger partial charge in [-0.1, -0.05) is 30.2 Å². The number of nitrogens with one attached hydrogen (secondary N) is 1. The molecular formula is C17H18N2O. The highest BCUT2D eigenvalue weighted by Gasteiger charge is 2.07. The Hall–Kier alpha value is -2.31. The fourth-order valence-electron chi connectivity index (χ4n) is 1.92. The van der Waals surface area contributed by atoms with E-state index in [1.54, 1.807) is 6.20 Å². The number of aromatic nitrogens is 1. The molecular weight excluding hydrogens is 248 g/mol. The van der Waals surface area contributed by atoms with Gasteiger partial charge >= 0.3 is 0 Å². The van der Waals surface area contributed by atoms with Crippen molar-refractivity contribution in [2.24, 2.45) is 0 Å². The van der Waals surface area contributed by atoms with Gasteiger partial charge in [0.1, 0.15) is 12.4 Å². The molecule has 3 heteroatoms. The van der Waals surface area contributed by atoms with E-state index in [1.165, 1.54) is 0 Å². The fraction of sp³-hybridized carbons (Fsp3) is 0.235. The Balaban J connectivity index is 1.99. The van der Waals surface area contributed by atoms with Gasteiger partial charge in [-0.2, -0.15) is 0 Å². The van der Waals surface area contributed by atoms with Gasteiger partial charge in [0, 0.05) is 30.5 Å². The molecule has 20 heavy (non-hydrogen) atoms. The Morgan fingerprint density at radius 3 is 2.90 bits per heavy atom. The molecule has 1 atom stereocenters. The summed E-state index contributed by atoms with van der Waals surface area (Å²) in [5.74, 6) is 3.31. The van der Waals surface area contributed by atoms with Gasteiger partial charge in [-0.25, -0.2) is 0 Å². The number of nitrogens with zero attached hydrogens (tertiary/aromatic N) is 1. The third-order valence-corrected chi connectivity index (χ3v) is 3.07. The smallest absolute Gasteiger partial charge is 0.148 e. The average molecular weight is 266 g/mol. The molecule has 1 heterocycles. The van der Waals surface area contributed by atoms with Crippen molar-refractivity contribution in [2.75, 3.05) is 6.61 Å². The zero-order valence-corrected chi connectivity index (χ0v) is 11.5. The summed E-state index contributed by atoms with van der Waals surface area (Å²) in [5.41, 5.74) is 2.26. The van der Waals surface area contributed by atoms with Crippen LogP contribution in [0.3, 0.4) is 0 Å². The molecule has 1 aromatic carbocycles. The number of benzene rings is 1. The van der Waals surface area contributed by atoms with E-state index in [2.05, 4.69) is 29.2 Å². The summed E-state index contributed by atoms with van der Waals surface area (Å²) in [4.78, 5) is 4.13. The Kier molecular flexibility index (Phi) is 5.16. The zero-order chi connectivity index (χ0) is 14.2. The van der Waals surface area contributed by atoms with Crippen LogP contribution in [0.4, 0.5) is 0 Å². The summed E-state index contributed by atoms with van der Waals surface area (Å²) >= 11 is 0. The molecule has 0 amide bonds. The topological polar surface area (TPSA) is 34.1 Å². The molecule has 0 saturated heterocycles. The lowest BCUT2D eigenvalue weighted by Gasteiger charge is -2.15. The number of pyridine rings is 1. The lowest BCUT2D eigenvalue weighted by atomic mass is 10.1. The van der Waals surface area contributed by atoms with E-state index in [-0.39, 0.29) is 12.6 Å². The molecule has 2 rings (SSSR count). The van der Waals surface area contributed by atoms with Crippen LogP contribution in [0, 0.1) is 12.3 Å². The number of para-hydroxylation sites is 1. The van der Waals surface area contributed by atoms with E-state index in [1.807, 2.05) is 36.5 Å². The van der Waals surface area contributed by atoms with E-state index in [0.29, 0.717) is 0 Å².